The quantitative estimate of drug-likeness (QED) is 0.0759. The lowest BCUT2D eigenvalue weighted by atomic mass is 9.69. The van der Waals surface area contributed by atoms with Crippen LogP contribution in [0.25, 0.3) is 0 Å². The molecule has 1 aliphatic heterocycles. The molecule has 3 unspecified atom stereocenters. The van der Waals surface area contributed by atoms with Gasteiger partial charge in [-0.05, 0) is 51.9 Å². The van der Waals surface area contributed by atoms with Crippen molar-refractivity contribution in [3.63, 3.8) is 0 Å². The second-order valence-corrected chi connectivity index (χ2v) is 13.9. The predicted octanol–water partition coefficient (Wildman–Crippen LogP) is 6.48. The largest absolute Gasteiger partial charge is 0.365 e. The summed E-state index contributed by atoms with van der Waals surface area (Å²) >= 11 is 4.57. The molecule has 39 heavy (non-hydrogen) atoms. The number of nitrogens with zero attached hydrogens (tertiary/aromatic N) is 1. The van der Waals surface area contributed by atoms with Gasteiger partial charge in [0.25, 0.3) is 0 Å². The lowest BCUT2D eigenvalue weighted by molar-refractivity contribution is -0.141. The first-order valence-electron chi connectivity index (χ1n) is 15.1. The van der Waals surface area contributed by atoms with Gasteiger partial charge in [0.15, 0.2) is 0 Å². The molecule has 0 aliphatic carbocycles. The van der Waals surface area contributed by atoms with Crippen LogP contribution in [0.3, 0.4) is 0 Å². The minimum atomic E-state index is -0.722. The van der Waals surface area contributed by atoms with Gasteiger partial charge in [-0.1, -0.05) is 66.7 Å². The maximum atomic E-state index is 13.3. The number of ketones is 1. The van der Waals surface area contributed by atoms with Crippen molar-refractivity contribution in [1.82, 2.24) is 10.2 Å². The predicted molar refractivity (Wildman–Crippen MR) is 160 cm³/mol. The zero-order valence-corrected chi connectivity index (χ0v) is 26.9. The van der Waals surface area contributed by atoms with Gasteiger partial charge in [-0.2, -0.15) is 0 Å². The topological polar surface area (TPSA) is 92.8 Å². The number of unbranched alkanes of at least 4 members (excludes halogenated alkanes) is 3. The Morgan fingerprint density at radius 2 is 1.64 bits per heavy atom. The molecule has 1 saturated heterocycles. The van der Waals surface area contributed by atoms with Gasteiger partial charge in [-0.15, -0.1) is 12.6 Å². The number of thiol groups is 1. The summed E-state index contributed by atoms with van der Waals surface area (Å²) in [7, 11) is 0. The summed E-state index contributed by atoms with van der Waals surface area (Å²) < 4.78 is 5.91. The number of carbonyl (C=O) groups excluding carboxylic acids is 4. The van der Waals surface area contributed by atoms with Crippen LogP contribution in [-0.2, 0) is 23.9 Å². The minimum absolute atomic E-state index is 0.00304. The number of carbonyl (C=O) groups is 4. The normalized spacial score (nSPS) is 19.3. The van der Waals surface area contributed by atoms with Crippen molar-refractivity contribution in [3.05, 3.63) is 0 Å². The Morgan fingerprint density at radius 1 is 0.974 bits per heavy atom. The summed E-state index contributed by atoms with van der Waals surface area (Å²) in [6.07, 6.45) is 9.27. The zero-order chi connectivity index (χ0) is 29.9. The molecule has 3 amide bonds. The molecule has 1 fully saturated rings. The highest BCUT2D eigenvalue weighted by Gasteiger charge is 2.47. The van der Waals surface area contributed by atoms with Crippen LogP contribution in [0.1, 0.15) is 132 Å². The van der Waals surface area contributed by atoms with Gasteiger partial charge in [-0.25, -0.2) is 0 Å². The first-order valence-corrected chi connectivity index (χ1v) is 15.6. The highest BCUT2D eigenvalue weighted by atomic mass is 32.1. The van der Waals surface area contributed by atoms with Crippen molar-refractivity contribution in [2.75, 3.05) is 13.2 Å². The summed E-state index contributed by atoms with van der Waals surface area (Å²) in [5.41, 5.74) is -0.716. The monoisotopic (exact) mass is 568 g/mol. The minimum Gasteiger partial charge on any atom is -0.365 e. The van der Waals surface area contributed by atoms with E-state index < -0.39 is 10.5 Å². The fourth-order valence-corrected chi connectivity index (χ4v) is 5.62. The van der Waals surface area contributed by atoms with Crippen molar-refractivity contribution in [1.29, 1.82) is 0 Å². The van der Waals surface area contributed by atoms with Crippen molar-refractivity contribution in [2.24, 2.45) is 17.3 Å². The van der Waals surface area contributed by atoms with E-state index in [0.717, 1.165) is 32.1 Å². The number of Topliss-reactive ketones (excluding diaryl/α,β-unsaturated/α-hetero) is 1. The Balaban J connectivity index is 2.58. The van der Waals surface area contributed by atoms with Crippen LogP contribution in [-0.4, -0.2) is 52.0 Å². The molecule has 0 saturated carbocycles. The number of imide groups is 1. The van der Waals surface area contributed by atoms with Crippen molar-refractivity contribution in [2.45, 2.75) is 143 Å². The average Bonchev–Trinajstić information content (AvgIpc) is 3.12. The van der Waals surface area contributed by atoms with Gasteiger partial charge < -0.3 is 10.1 Å². The third-order valence-electron chi connectivity index (χ3n) is 8.17. The molecule has 3 atom stereocenters. The van der Waals surface area contributed by atoms with Crippen LogP contribution in [0, 0.1) is 17.3 Å². The molecule has 7 nitrogen and oxygen atoms in total. The lowest BCUT2D eigenvalue weighted by Gasteiger charge is -2.34. The number of ether oxygens (including phenoxy) is 1. The molecule has 1 rings (SSSR count). The van der Waals surface area contributed by atoms with Crippen LogP contribution in [0.15, 0.2) is 0 Å². The van der Waals surface area contributed by atoms with E-state index in [-0.39, 0.29) is 60.1 Å². The molecule has 0 aromatic rings. The van der Waals surface area contributed by atoms with Gasteiger partial charge in [0, 0.05) is 37.3 Å². The average molecular weight is 569 g/mol. The Kier molecular flexibility index (Phi) is 14.7. The number of nitrogens with one attached hydrogen (secondary N) is 1. The van der Waals surface area contributed by atoms with E-state index in [4.69, 9.17) is 4.74 Å². The third-order valence-corrected chi connectivity index (χ3v) is 8.52. The number of amides is 3. The standard InChI is InChI=1S/C31H56N2O5S/c1-9-11-12-13-17-30(7,16-10-2)24-22-27(36)33(28(24)37)20-15-26(35)32-29(5,6)19-21-38-31(8,39)18-14-25(34)23(3)4/h23-24,39H,9-22H2,1-8H3,(H,32,35). The number of hydrogen-bond donors (Lipinski definition) is 2. The molecule has 1 aliphatic rings. The molecule has 1 heterocycles. The second kappa shape index (κ2) is 16.1. The Hall–Kier alpha value is -1.41. The number of likely N-dealkylation sites (tertiary alicyclic amines) is 1. The molecule has 226 valence electrons. The Morgan fingerprint density at radius 3 is 2.23 bits per heavy atom. The smallest absolute Gasteiger partial charge is 0.233 e. The lowest BCUT2D eigenvalue weighted by Crippen LogP contribution is -2.46. The first kappa shape index (κ1) is 35.6. The maximum absolute atomic E-state index is 13.3. The summed E-state index contributed by atoms with van der Waals surface area (Å²) in [6.45, 7) is 16.4. The van der Waals surface area contributed by atoms with Gasteiger partial charge in [0.2, 0.25) is 17.7 Å². The molecular weight excluding hydrogens is 512 g/mol. The Bertz CT molecular complexity index is 826. The molecule has 0 aromatic heterocycles. The Labute approximate surface area is 243 Å². The van der Waals surface area contributed by atoms with E-state index in [1.54, 1.807) is 0 Å². The van der Waals surface area contributed by atoms with Crippen LogP contribution < -0.4 is 5.32 Å². The first-order chi connectivity index (χ1) is 18.1. The second-order valence-electron chi connectivity index (χ2n) is 12.9. The van der Waals surface area contributed by atoms with E-state index in [0.29, 0.717) is 25.9 Å². The van der Waals surface area contributed by atoms with Crippen molar-refractivity contribution < 1.29 is 23.9 Å². The fraction of sp³-hybridized carbons (Fsp3) is 0.871. The molecule has 1 N–H and O–H groups in total. The fourth-order valence-electron chi connectivity index (χ4n) is 5.42. The maximum Gasteiger partial charge on any atom is 0.233 e. The van der Waals surface area contributed by atoms with E-state index in [1.807, 2.05) is 34.6 Å². The SMILES string of the molecule is CCCCCCC(C)(CCC)C1CC(=O)N(CCC(=O)NC(C)(C)CCOC(C)(S)CCC(=O)C(C)C)C1=O. The van der Waals surface area contributed by atoms with Crippen molar-refractivity contribution >= 4 is 36.1 Å². The van der Waals surface area contributed by atoms with E-state index >= 15 is 0 Å². The van der Waals surface area contributed by atoms with Gasteiger partial charge in [0.1, 0.15) is 10.7 Å². The van der Waals surface area contributed by atoms with Gasteiger partial charge >= 0.3 is 0 Å². The molecule has 0 spiro atoms. The van der Waals surface area contributed by atoms with Crippen molar-refractivity contribution in [3.8, 4) is 0 Å². The van der Waals surface area contributed by atoms with Crippen LogP contribution in [0.2, 0.25) is 0 Å². The molecule has 8 heteroatoms. The highest BCUT2D eigenvalue weighted by molar-refractivity contribution is 7.81. The van der Waals surface area contributed by atoms with E-state index in [1.165, 1.54) is 17.7 Å². The zero-order valence-electron chi connectivity index (χ0n) is 26.0. The van der Waals surface area contributed by atoms with Crippen LogP contribution in [0.5, 0.6) is 0 Å². The van der Waals surface area contributed by atoms with Gasteiger partial charge in [-0.3, -0.25) is 24.1 Å². The third kappa shape index (κ3) is 12.3. The van der Waals surface area contributed by atoms with Crippen LogP contribution >= 0.6 is 12.6 Å². The number of hydrogen-bond acceptors (Lipinski definition) is 6. The summed E-state index contributed by atoms with van der Waals surface area (Å²) in [5, 5.41) is 3.02. The molecule has 0 bridgehead atoms. The highest BCUT2D eigenvalue weighted by Crippen LogP contribution is 2.43. The summed E-state index contributed by atoms with van der Waals surface area (Å²) in [6, 6.07) is 0. The van der Waals surface area contributed by atoms with Crippen LogP contribution in [0.4, 0.5) is 0 Å². The number of rotatable bonds is 20. The molecule has 0 radical (unpaired) electrons. The summed E-state index contributed by atoms with van der Waals surface area (Å²) in [5.74, 6) is -0.585. The van der Waals surface area contributed by atoms with E-state index in [9.17, 15) is 19.2 Å². The summed E-state index contributed by atoms with van der Waals surface area (Å²) in [4.78, 5) is 51.4. The molecule has 0 aromatic carbocycles. The molecular formula is C31H56N2O5S. The van der Waals surface area contributed by atoms with Gasteiger partial charge in [0.05, 0.1) is 12.5 Å². The van der Waals surface area contributed by atoms with E-state index in [2.05, 4.69) is 38.7 Å².